The zero-order chi connectivity index (χ0) is 29.6. The van der Waals surface area contributed by atoms with Crippen LogP contribution in [-0.2, 0) is 11.2 Å². The van der Waals surface area contributed by atoms with Gasteiger partial charge in [0.05, 0.1) is 0 Å². The summed E-state index contributed by atoms with van der Waals surface area (Å²) in [5.74, 6) is -8.13. The monoisotopic (exact) mass is 542 g/mol. The number of aryl methyl sites for hydroxylation is 2. The average molecular weight is 543 g/mol. The van der Waals surface area contributed by atoms with Gasteiger partial charge in [0.1, 0.15) is 6.61 Å². The van der Waals surface area contributed by atoms with Gasteiger partial charge in [0.25, 0.3) is 0 Å². The Bertz CT molecular complexity index is 1430. The molecule has 1 nitrogen and oxygen atoms in total. The third kappa shape index (κ3) is 6.99. The lowest BCUT2D eigenvalue weighted by atomic mass is 9.87. The summed E-state index contributed by atoms with van der Waals surface area (Å²) in [4.78, 5) is 0. The molecule has 0 fully saturated rings. The molecular weight excluding hydrogens is 514 g/mol. The van der Waals surface area contributed by atoms with Crippen LogP contribution in [0.4, 0.5) is 26.3 Å². The lowest BCUT2D eigenvalue weighted by molar-refractivity contribution is 0.241. The molecule has 204 valence electrons. The Balaban J connectivity index is 2.20. The van der Waals surface area contributed by atoms with Gasteiger partial charge >= 0.3 is 0 Å². The summed E-state index contributed by atoms with van der Waals surface area (Å²) in [5.41, 5.74) is -0.595. The summed E-state index contributed by atoms with van der Waals surface area (Å²) in [5, 5.41) is 0. The zero-order valence-corrected chi connectivity index (χ0v) is 21.6. The number of fused-ring (bicyclic) bond motifs is 1. The predicted octanol–water partition coefficient (Wildman–Crippen LogP) is 9.96. The highest BCUT2D eigenvalue weighted by atomic mass is 19.2. The van der Waals surface area contributed by atoms with Crippen LogP contribution in [0.1, 0.15) is 23.1 Å². The number of halogens is 6. The molecule has 0 saturated heterocycles. The minimum absolute atomic E-state index is 0.0350. The van der Waals surface area contributed by atoms with E-state index in [1.54, 1.807) is 0 Å². The summed E-state index contributed by atoms with van der Waals surface area (Å²) in [7, 11) is 0. The van der Waals surface area contributed by atoms with Crippen LogP contribution in [0.25, 0.3) is 6.08 Å². The highest BCUT2D eigenvalue weighted by Crippen LogP contribution is 2.37. The van der Waals surface area contributed by atoms with Crippen molar-refractivity contribution in [3.8, 4) is 0 Å². The van der Waals surface area contributed by atoms with E-state index < -0.39 is 51.8 Å². The minimum atomic E-state index is -1.38. The van der Waals surface area contributed by atoms with Gasteiger partial charge in [0, 0.05) is 22.3 Å². The molecule has 1 aliphatic rings. The molecule has 1 aromatic rings. The Kier molecular flexibility index (Phi) is 10.3. The Hall–Kier alpha value is -4.26. The van der Waals surface area contributed by atoms with E-state index in [1.165, 1.54) is 25.1 Å². The number of benzene rings is 1. The summed E-state index contributed by atoms with van der Waals surface area (Å²) >= 11 is 0. The molecule has 0 aliphatic heterocycles. The first kappa shape index (κ1) is 31.0. The quantitative estimate of drug-likeness (QED) is 0.111. The van der Waals surface area contributed by atoms with Gasteiger partial charge in [0.15, 0.2) is 34.9 Å². The van der Waals surface area contributed by atoms with Crippen LogP contribution in [0.15, 0.2) is 133 Å². The van der Waals surface area contributed by atoms with Crippen molar-refractivity contribution in [1.82, 2.24) is 0 Å². The van der Waals surface area contributed by atoms with Gasteiger partial charge in [-0.25, -0.2) is 22.0 Å². The van der Waals surface area contributed by atoms with Crippen LogP contribution in [-0.4, -0.2) is 6.61 Å². The second kappa shape index (κ2) is 13.0. The third-order valence-corrected chi connectivity index (χ3v) is 5.94. The van der Waals surface area contributed by atoms with E-state index in [0.717, 1.165) is 12.2 Å². The Morgan fingerprint density at radius 3 is 1.90 bits per heavy atom. The number of hydrogen-bond acceptors (Lipinski definition) is 1. The molecule has 0 amide bonds. The molecule has 0 unspecified atom stereocenters. The average Bonchev–Trinajstić information content (AvgIpc) is 2.94. The van der Waals surface area contributed by atoms with Crippen LogP contribution in [0.2, 0.25) is 0 Å². The van der Waals surface area contributed by atoms with Crippen molar-refractivity contribution in [2.45, 2.75) is 19.8 Å². The normalized spacial score (nSPS) is 14.0. The molecule has 0 heterocycles. The van der Waals surface area contributed by atoms with E-state index in [2.05, 4.69) is 46.1 Å². The van der Waals surface area contributed by atoms with E-state index in [9.17, 15) is 22.0 Å². The highest BCUT2D eigenvalue weighted by molar-refractivity contribution is 5.68. The van der Waals surface area contributed by atoms with Crippen LogP contribution in [0.3, 0.4) is 0 Å². The van der Waals surface area contributed by atoms with Gasteiger partial charge in [-0.2, -0.15) is 4.39 Å². The SMILES string of the molecule is C=CCOC(=C)/C(F)=C(/F)C(=C)C(=C)/C=C\C(=C)C(=C)/C(F)=C(/F)C(=C)C1=Cc2c(cc(C)c(F)c2F)CC1. The van der Waals surface area contributed by atoms with Crippen molar-refractivity contribution in [2.75, 3.05) is 6.61 Å². The van der Waals surface area contributed by atoms with Crippen molar-refractivity contribution >= 4 is 6.08 Å². The van der Waals surface area contributed by atoms with E-state index in [-0.39, 0.29) is 52.9 Å². The maximum atomic E-state index is 15.0. The Morgan fingerprint density at radius 1 is 0.821 bits per heavy atom. The molecule has 0 saturated carbocycles. The lowest BCUT2D eigenvalue weighted by Gasteiger charge is -2.19. The number of allylic oxidation sites excluding steroid dienone is 12. The molecule has 0 spiro atoms. The van der Waals surface area contributed by atoms with Crippen LogP contribution >= 0.6 is 0 Å². The maximum absolute atomic E-state index is 15.0. The number of rotatable bonds is 12. The van der Waals surface area contributed by atoms with E-state index in [1.807, 2.05) is 0 Å². The third-order valence-electron chi connectivity index (χ3n) is 5.94. The summed E-state index contributed by atoms with van der Waals surface area (Å²) in [6.07, 6.45) is 5.41. The molecule has 1 aliphatic carbocycles. The first-order chi connectivity index (χ1) is 18.2. The molecule has 7 heteroatoms. The van der Waals surface area contributed by atoms with Gasteiger partial charge in [-0.05, 0) is 53.7 Å². The minimum Gasteiger partial charge on any atom is -0.487 e. The lowest BCUT2D eigenvalue weighted by Crippen LogP contribution is -2.07. The van der Waals surface area contributed by atoms with Gasteiger partial charge in [-0.15, -0.1) is 0 Å². The second-order valence-electron chi connectivity index (χ2n) is 8.66. The standard InChI is InChI=1S/C32H28F6O/c1-9-14-39-23(8)31(37)29(35)21(6)18(3)11-10-17(2)20(5)28(34)30(36)22(7)24-12-13-25-15-19(4)27(33)32(38)26(25)16-24/h9-11,15-16H,1-3,5-8,12-14H2,4H3/b11-10-,30-28-,31-29-. The first-order valence-electron chi connectivity index (χ1n) is 11.6. The Labute approximate surface area is 224 Å². The van der Waals surface area contributed by atoms with Crippen molar-refractivity contribution in [2.24, 2.45) is 0 Å². The van der Waals surface area contributed by atoms with Gasteiger partial charge in [-0.1, -0.05) is 70.3 Å². The van der Waals surface area contributed by atoms with Crippen molar-refractivity contribution in [3.05, 3.63) is 161 Å². The fourth-order valence-corrected chi connectivity index (χ4v) is 3.52. The Morgan fingerprint density at radius 2 is 1.36 bits per heavy atom. The van der Waals surface area contributed by atoms with E-state index >= 15 is 4.39 Å². The van der Waals surface area contributed by atoms with E-state index in [4.69, 9.17) is 4.74 Å². The second-order valence-corrected chi connectivity index (χ2v) is 8.66. The van der Waals surface area contributed by atoms with Crippen molar-refractivity contribution in [3.63, 3.8) is 0 Å². The smallest absolute Gasteiger partial charge is 0.200 e. The fourth-order valence-electron chi connectivity index (χ4n) is 3.52. The molecule has 2 rings (SSSR count). The summed E-state index contributed by atoms with van der Waals surface area (Å²) in [6, 6.07) is 1.51. The van der Waals surface area contributed by atoms with Crippen molar-refractivity contribution < 1.29 is 31.1 Å². The molecule has 0 bridgehead atoms. The summed E-state index contributed by atoms with van der Waals surface area (Å²) in [6.45, 7) is 25.7. The van der Waals surface area contributed by atoms with Crippen LogP contribution < -0.4 is 0 Å². The molecule has 39 heavy (non-hydrogen) atoms. The van der Waals surface area contributed by atoms with Gasteiger partial charge in [0.2, 0.25) is 5.83 Å². The molecular formula is C32H28F6O. The highest BCUT2D eigenvalue weighted by Gasteiger charge is 2.23. The predicted molar refractivity (Wildman–Crippen MR) is 146 cm³/mol. The molecule has 0 atom stereocenters. The number of ether oxygens (including phenoxy) is 1. The topological polar surface area (TPSA) is 9.23 Å². The molecule has 0 N–H and O–H groups in total. The van der Waals surface area contributed by atoms with E-state index in [0.29, 0.717) is 5.56 Å². The zero-order valence-electron chi connectivity index (χ0n) is 21.6. The van der Waals surface area contributed by atoms with Crippen LogP contribution in [0.5, 0.6) is 0 Å². The molecule has 0 radical (unpaired) electrons. The van der Waals surface area contributed by atoms with Crippen LogP contribution in [0, 0.1) is 18.6 Å². The van der Waals surface area contributed by atoms with Gasteiger partial charge in [-0.3, -0.25) is 0 Å². The summed E-state index contributed by atoms with van der Waals surface area (Å²) < 4.78 is 91.8. The molecule has 0 aromatic heterocycles. The molecule has 1 aromatic carbocycles. The maximum Gasteiger partial charge on any atom is 0.200 e. The largest absolute Gasteiger partial charge is 0.487 e. The fraction of sp³-hybridized carbons (Fsp3) is 0.125. The first-order valence-corrected chi connectivity index (χ1v) is 11.6. The van der Waals surface area contributed by atoms with Crippen molar-refractivity contribution in [1.29, 1.82) is 0 Å². The van der Waals surface area contributed by atoms with Gasteiger partial charge < -0.3 is 4.74 Å². The number of hydrogen-bond donors (Lipinski definition) is 0.